The summed E-state index contributed by atoms with van der Waals surface area (Å²) in [5.74, 6) is 2.35. The molecular weight excluding hydrogens is 188 g/mol. The van der Waals surface area contributed by atoms with Gasteiger partial charge < -0.3 is 9.47 Å². The zero-order chi connectivity index (χ0) is 11.3. The Balaban J connectivity index is 2.74. The molecule has 0 aromatic heterocycles. The summed E-state index contributed by atoms with van der Waals surface area (Å²) >= 11 is 0. The van der Waals surface area contributed by atoms with E-state index in [9.17, 15) is 0 Å². The van der Waals surface area contributed by atoms with Crippen LogP contribution in [0.5, 0.6) is 11.5 Å². The first-order valence-electron chi connectivity index (χ1n) is 5.38. The fourth-order valence-electron chi connectivity index (χ4n) is 1.49. The topological polar surface area (TPSA) is 18.5 Å². The first kappa shape index (κ1) is 11.9. The third kappa shape index (κ3) is 3.46. The van der Waals surface area contributed by atoms with Gasteiger partial charge in [-0.1, -0.05) is 19.9 Å². The van der Waals surface area contributed by atoms with Gasteiger partial charge in [0.2, 0.25) is 0 Å². The number of rotatable bonds is 5. The molecular formula is C13H20O2. The van der Waals surface area contributed by atoms with E-state index in [0.717, 1.165) is 23.8 Å². The Bertz CT molecular complexity index is 305. The molecule has 84 valence electrons. The molecule has 0 N–H and O–H groups in total. The first-order valence-corrected chi connectivity index (χ1v) is 5.38. The van der Waals surface area contributed by atoms with E-state index in [-0.39, 0.29) is 0 Å². The molecule has 2 heteroatoms. The van der Waals surface area contributed by atoms with Gasteiger partial charge in [0, 0.05) is 0 Å². The number of benzene rings is 1. The Labute approximate surface area is 92.2 Å². The van der Waals surface area contributed by atoms with Gasteiger partial charge in [-0.15, -0.1) is 0 Å². The SMILES string of the molecule is COc1ccc(CCC(C)C)cc1OC. The molecule has 1 aromatic rings. The molecule has 0 aliphatic heterocycles. The predicted octanol–water partition coefficient (Wildman–Crippen LogP) is 3.29. The lowest BCUT2D eigenvalue weighted by Gasteiger charge is -2.10. The van der Waals surface area contributed by atoms with Crippen molar-refractivity contribution in [3.05, 3.63) is 23.8 Å². The van der Waals surface area contributed by atoms with E-state index >= 15 is 0 Å². The molecule has 0 spiro atoms. The molecule has 0 radical (unpaired) electrons. The summed E-state index contributed by atoms with van der Waals surface area (Å²) in [6.07, 6.45) is 2.30. The van der Waals surface area contributed by atoms with Gasteiger partial charge in [0.15, 0.2) is 11.5 Å². The Kier molecular flexibility index (Phi) is 4.47. The van der Waals surface area contributed by atoms with Crippen LogP contribution in [0.3, 0.4) is 0 Å². The molecule has 0 heterocycles. The van der Waals surface area contributed by atoms with Crippen LogP contribution in [0.15, 0.2) is 18.2 Å². The van der Waals surface area contributed by atoms with Crippen molar-refractivity contribution in [2.75, 3.05) is 14.2 Å². The maximum Gasteiger partial charge on any atom is 0.160 e. The average Bonchev–Trinajstić information content (AvgIpc) is 2.25. The summed E-state index contributed by atoms with van der Waals surface area (Å²) in [5.41, 5.74) is 1.31. The predicted molar refractivity (Wildman–Crippen MR) is 62.7 cm³/mol. The average molecular weight is 208 g/mol. The zero-order valence-electron chi connectivity index (χ0n) is 10.0. The van der Waals surface area contributed by atoms with Crippen molar-refractivity contribution in [1.29, 1.82) is 0 Å². The summed E-state index contributed by atoms with van der Waals surface area (Å²) in [7, 11) is 3.33. The van der Waals surface area contributed by atoms with Gasteiger partial charge in [-0.2, -0.15) is 0 Å². The Morgan fingerprint density at radius 1 is 1.07 bits per heavy atom. The summed E-state index contributed by atoms with van der Waals surface area (Å²) in [4.78, 5) is 0. The van der Waals surface area contributed by atoms with E-state index in [4.69, 9.17) is 9.47 Å². The van der Waals surface area contributed by atoms with E-state index in [1.807, 2.05) is 6.07 Å². The minimum absolute atomic E-state index is 0.734. The molecule has 0 aliphatic rings. The first-order chi connectivity index (χ1) is 7.17. The summed E-state index contributed by atoms with van der Waals surface area (Å²) in [5, 5.41) is 0. The largest absolute Gasteiger partial charge is 0.493 e. The van der Waals surface area contributed by atoms with Gasteiger partial charge in [-0.3, -0.25) is 0 Å². The normalized spacial score (nSPS) is 10.5. The van der Waals surface area contributed by atoms with Crippen molar-refractivity contribution in [1.82, 2.24) is 0 Å². The lowest BCUT2D eigenvalue weighted by atomic mass is 10.0. The van der Waals surface area contributed by atoms with E-state index in [1.165, 1.54) is 12.0 Å². The number of methoxy groups -OCH3 is 2. The van der Waals surface area contributed by atoms with Gasteiger partial charge in [0.05, 0.1) is 14.2 Å². The lowest BCUT2D eigenvalue weighted by Crippen LogP contribution is -1.95. The maximum absolute atomic E-state index is 5.26. The quantitative estimate of drug-likeness (QED) is 0.739. The fourth-order valence-corrected chi connectivity index (χ4v) is 1.49. The highest BCUT2D eigenvalue weighted by atomic mass is 16.5. The third-order valence-corrected chi connectivity index (χ3v) is 2.46. The molecule has 0 saturated carbocycles. The van der Waals surface area contributed by atoms with Crippen LogP contribution in [0.25, 0.3) is 0 Å². The molecule has 0 aliphatic carbocycles. The van der Waals surface area contributed by atoms with Crippen LogP contribution in [0.1, 0.15) is 25.8 Å². The number of hydrogen-bond donors (Lipinski definition) is 0. The van der Waals surface area contributed by atoms with Crippen LogP contribution < -0.4 is 9.47 Å². The van der Waals surface area contributed by atoms with Gasteiger partial charge in [-0.05, 0) is 36.5 Å². The van der Waals surface area contributed by atoms with E-state index in [1.54, 1.807) is 14.2 Å². The van der Waals surface area contributed by atoms with Crippen LogP contribution in [0, 0.1) is 5.92 Å². The zero-order valence-corrected chi connectivity index (χ0v) is 10.0. The monoisotopic (exact) mass is 208 g/mol. The van der Waals surface area contributed by atoms with Crippen molar-refractivity contribution >= 4 is 0 Å². The molecule has 2 nitrogen and oxygen atoms in total. The number of ether oxygens (including phenoxy) is 2. The summed E-state index contributed by atoms with van der Waals surface area (Å²) in [6.45, 7) is 4.47. The van der Waals surface area contributed by atoms with Gasteiger partial charge in [0.25, 0.3) is 0 Å². The van der Waals surface area contributed by atoms with Crippen molar-refractivity contribution in [3.8, 4) is 11.5 Å². The molecule has 0 unspecified atom stereocenters. The Morgan fingerprint density at radius 3 is 2.27 bits per heavy atom. The van der Waals surface area contributed by atoms with Crippen LogP contribution in [0.2, 0.25) is 0 Å². The van der Waals surface area contributed by atoms with Crippen LogP contribution in [-0.2, 0) is 6.42 Å². The highest BCUT2D eigenvalue weighted by Crippen LogP contribution is 2.28. The van der Waals surface area contributed by atoms with E-state index in [2.05, 4.69) is 26.0 Å². The molecule has 0 atom stereocenters. The standard InChI is InChI=1S/C13H20O2/c1-10(2)5-6-11-7-8-12(14-3)13(9-11)15-4/h7-10H,5-6H2,1-4H3. The smallest absolute Gasteiger partial charge is 0.160 e. The van der Waals surface area contributed by atoms with E-state index < -0.39 is 0 Å². The van der Waals surface area contributed by atoms with Crippen molar-refractivity contribution in [2.45, 2.75) is 26.7 Å². The second kappa shape index (κ2) is 5.64. The van der Waals surface area contributed by atoms with Gasteiger partial charge >= 0.3 is 0 Å². The third-order valence-electron chi connectivity index (χ3n) is 2.46. The van der Waals surface area contributed by atoms with Crippen molar-refractivity contribution in [2.24, 2.45) is 5.92 Å². The van der Waals surface area contributed by atoms with Crippen molar-refractivity contribution in [3.63, 3.8) is 0 Å². The highest BCUT2D eigenvalue weighted by Gasteiger charge is 2.04. The highest BCUT2D eigenvalue weighted by molar-refractivity contribution is 5.42. The second-order valence-electron chi connectivity index (χ2n) is 4.12. The minimum atomic E-state index is 0.734. The summed E-state index contributed by atoms with van der Waals surface area (Å²) in [6, 6.07) is 6.12. The number of hydrogen-bond acceptors (Lipinski definition) is 2. The van der Waals surface area contributed by atoms with E-state index in [0.29, 0.717) is 0 Å². The molecule has 0 saturated heterocycles. The molecule has 1 rings (SSSR count). The lowest BCUT2D eigenvalue weighted by molar-refractivity contribution is 0.354. The van der Waals surface area contributed by atoms with Crippen LogP contribution in [-0.4, -0.2) is 14.2 Å². The molecule has 0 fully saturated rings. The Hall–Kier alpha value is -1.18. The molecule has 15 heavy (non-hydrogen) atoms. The molecule has 1 aromatic carbocycles. The van der Waals surface area contributed by atoms with Crippen LogP contribution >= 0.6 is 0 Å². The van der Waals surface area contributed by atoms with Gasteiger partial charge in [0.1, 0.15) is 0 Å². The van der Waals surface area contributed by atoms with Crippen LogP contribution in [0.4, 0.5) is 0 Å². The number of aryl methyl sites for hydroxylation is 1. The molecule has 0 amide bonds. The Morgan fingerprint density at radius 2 is 1.73 bits per heavy atom. The second-order valence-corrected chi connectivity index (χ2v) is 4.12. The molecule has 0 bridgehead atoms. The maximum atomic E-state index is 5.26. The van der Waals surface area contributed by atoms with Gasteiger partial charge in [-0.25, -0.2) is 0 Å². The minimum Gasteiger partial charge on any atom is -0.493 e. The summed E-state index contributed by atoms with van der Waals surface area (Å²) < 4.78 is 10.5. The fraction of sp³-hybridized carbons (Fsp3) is 0.538. The van der Waals surface area contributed by atoms with Crippen molar-refractivity contribution < 1.29 is 9.47 Å².